The molecule has 2 rings (SSSR count). The molecular formula is C20H30N4O8S. The number of benzene rings is 1. The third kappa shape index (κ3) is 6.33. The summed E-state index contributed by atoms with van der Waals surface area (Å²) in [6.45, 7) is 3.67. The van der Waals surface area contributed by atoms with Crippen LogP contribution >= 0.6 is 0 Å². The highest BCUT2D eigenvalue weighted by Gasteiger charge is 2.38. The van der Waals surface area contributed by atoms with Gasteiger partial charge in [-0.3, -0.25) is 14.8 Å². The molecule has 0 bridgehead atoms. The Morgan fingerprint density at radius 3 is 2.09 bits per heavy atom. The number of methoxy groups -OCH3 is 1. The summed E-state index contributed by atoms with van der Waals surface area (Å²) >= 11 is 0. The predicted molar refractivity (Wildman–Crippen MR) is 116 cm³/mol. The molecule has 0 radical (unpaired) electrons. The second-order valence-corrected chi connectivity index (χ2v) is 9.75. The second kappa shape index (κ2) is 11.3. The van der Waals surface area contributed by atoms with Crippen molar-refractivity contribution in [3.63, 3.8) is 0 Å². The molecule has 1 atom stereocenters. The SMILES string of the molecule is COc1ccc(S(=O)(=O)N(CCC(=O)N2CCN(C(=O)O)CC2)C(C(=O)NO)C(C)C)cc1. The average molecular weight is 487 g/mol. The van der Waals surface area contributed by atoms with E-state index >= 15 is 0 Å². The van der Waals surface area contributed by atoms with E-state index in [1.165, 1.54) is 46.7 Å². The van der Waals surface area contributed by atoms with Crippen LogP contribution in [0.2, 0.25) is 0 Å². The molecule has 1 unspecified atom stereocenters. The molecule has 3 N–H and O–H groups in total. The molecule has 13 heteroatoms. The van der Waals surface area contributed by atoms with Crippen molar-refractivity contribution in [3.05, 3.63) is 24.3 Å². The van der Waals surface area contributed by atoms with Gasteiger partial charge in [-0.15, -0.1) is 0 Å². The van der Waals surface area contributed by atoms with Gasteiger partial charge in [-0.2, -0.15) is 4.31 Å². The van der Waals surface area contributed by atoms with E-state index in [-0.39, 0.29) is 49.9 Å². The molecular weight excluding hydrogens is 456 g/mol. The maximum Gasteiger partial charge on any atom is 0.407 e. The number of nitrogens with one attached hydrogen (secondary N) is 1. The summed E-state index contributed by atoms with van der Waals surface area (Å²) in [5, 5.41) is 18.2. The first kappa shape index (κ1) is 26.4. The Balaban J connectivity index is 2.26. The van der Waals surface area contributed by atoms with E-state index in [0.717, 1.165) is 4.31 Å². The van der Waals surface area contributed by atoms with Crippen LogP contribution in [0.5, 0.6) is 5.75 Å². The summed E-state index contributed by atoms with van der Waals surface area (Å²) in [6.07, 6.45) is -1.28. The number of carbonyl (C=O) groups is 3. The lowest BCUT2D eigenvalue weighted by atomic mass is 10.0. The minimum atomic E-state index is -4.22. The number of ether oxygens (including phenoxy) is 1. The Bertz CT molecular complexity index is 943. The Kier molecular flexibility index (Phi) is 9.02. The van der Waals surface area contributed by atoms with Crippen molar-refractivity contribution >= 4 is 27.9 Å². The molecule has 0 aliphatic carbocycles. The highest BCUT2D eigenvalue weighted by atomic mass is 32.2. The maximum atomic E-state index is 13.4. The molecule has 0 aromatic heterocycles. The molecule has 1 aliphatic heterocycles. The van der Waals surface area contributed by atoms with Gasteiger partial charge in [0, 0.05) is 39.1 Å². The van der Waals surface area contributed by atoms with Crippen molar-refractivity contribution in [1.82, 2.24) is 19.6 Å². The van der Waals surface area contributed by atoms with Crippen molar-refractivity contribution in [3.8, 4) is 5.75 Å². The van der Waals surface area contributed by atoms with Gasteiger partial charge in [0.2, 0.25) is 15.9 Å². The third-order valence-electron chi connectivity index (χ3n) is 5.44. The van der Waals surface area contributed by atoms with Crippen LogP contribution in [0.1, 0.15) is 20.3 Å². The standard InChI is InChI=1S/C20H30N4O8S/c1-14(2)18(19(26)21-29)24(33(30,31)16-6-4-15(32-3)5-7-16)9-8-17(25)22-10-12-23(13-11-22)20(27)28/h4-7,14,18,29H,8-13H2,1-3H3,(H,21,26)(H,27,28). The van der Waals surface area contributed by atoms with Crippen LogP contribution in [0.3, 0.4) is 0 Å². The molecule has 1 heterocycles. The number of hydrogen-bond acceptors (Lipinski definition) is 7. The molecule has 0 saturated carbocycles. The van der Waals surface area contributed by atoms with Crippen LogP contribution in [0.15, 0.2) is 29.2 Å². The largest absolute Gasteiger partial charge is 0.497 e. The molecule has 3 amide bonds. The van der Waals surface area contributed by atoms with Crippen LogP contribution in [-0.4, -0.2) is 96.6 Å². The van der Waals surface area contributed by atoms with Crippen molar-refractivity contribution < 1.29 is 37.9 Å². The molecule has 1 aliphatic rings. The van der Waals surface area contributed by atoms with E-state index in [9.17, 15) is 28.0 Å². The van der Waals surface area contributed by atoms with Gasteiger partial charge in [-0.1, -0.05) is 13.8 Å². The Morgan fingerprint density at radius 2 is 1.64 bits per heavy atom. The highest BCUT2D eigenvalue weighted by Crippen LogP contribution is 2.25. The zero-order valence-corrected chi connectivity index (χ0v) is 19.6. The normalized spacial score (nSPS) is 15.5. The number of hydroxylamine groups is 1. The summed E-state index contributed by atoms with van der Waals surface area (Å²) in [6, 6.07) is 4.34. The van der Waals surface area contributed by atoms with Gasteiger partial charge in [0.15, 0.2) is 0 Å². The molecule has 1 aromatic rings. The minimum Gasteiger partial charge on any atom is -0.497 e. The zero-order valence-electron chi connectivity index (χ0n) is 18.8. The Labute approximate surface area is 192 Å². The van der Waals surface area contributed by atoms with Gasteiger partial charge < -0.3 is 19.6 Å². The summed E-state index contributed by atoms with van der Waals surface area (Å²) in [5.74, 6) is -1.34. The van der Waals surface area contributed by atoms with Gasteiger partial charge >= 0.3 is 6.09 Å². The van der Waals surface area contributed by atoms with Gasteiger partial charge in [0.25, 0.3) is 5.91 Å². The van der Waals surface area contributed by atoms with E-state index in [4.69, 9.17) is 9.84 Å². The van der Waals surface area contributed by atoms with Crippen LogP contribution in [-0.2, 0) is 19.6 Å². The molecule has 1 saturated heterocycles. The predicted octanol–water partition coefficient (Wildman–Crippen LogP) is 0.428. The first-order valence-corrected chi connectivity index (χ1v) is 11.8. The summed E-state index contributed by atoms with van der Waals surface area (Å²) in [4.78, 5) is 38.7. The number of nitrogens with zero attached hydrogens (tertiary/aromatic N) is 3. The lowest BCUT2D eigenvalue weighted by Crippen LogP contribution is -2.53. The van der Waals surface area contributed by atoms with Gasteiger partial charge in [0.1, 0.15) is 11.8 Å². The Morgan fingerprint density at radius 1 is 1.09 bits per heavy atom. The fourth-order valence-electron chi connectivity index (χ4n) is 3.64. The molecule has 1 fully saturated rings. The molecule has 0 spiro atoms. The fraction of sp³-hybridized carbons (Fsp3) is 0.550. The van der Waals surface area contributed by atoms with Crippen LogP contribution in [0.4, 0.5) is 4.79 Å². The van der Waals surface area contributed by atoms with Gasteiger partial charge in [-0.05, 0) is 30.2 Å². The number of carbonyl (C=O) groups excluding carboxylic acids is 2. The third-order valence-corrected chi connectivity index (χ3v) is 7.33. The van der Waals surface area contributed by atoms with Gasteiger partial charge in [-0.25, -0.2) is 18.7 Å². The van der Waals surface area contributed by atoms with E-state index in [1.54, 1.807) is 13.8 Å². The number of hydrogen-bond donors (Lipinski definition) is 3. The topological polar surface area (TPSA) is 157 Å². The van der Waals surface area contributed by atoms with Crippen molar-refractivity contribution in [2.24, 2.45) is 5.92 Å². The van der Waals surface area contributed by atoms with E-state index in [0.29, 0.717) is 5.75 Å². The smallest absolute Gasteiger partial charge is 0.407 e. The van der Waals surface area contributed by atoms with Crippen LogP contribution in [0, 0.1) is 5.92 Å². The lowest BCUT2D eigenvalue weighted by molar-refractivity contribution is -0.136. The molecule has 184 valence electrons. The number of piperazine rings is 1. The summed E-state index contributed by atoms with van der Waals surface area (Å²) in [5.41, 5.74) is 1.51. The summed E-state index contributed by atoms with van der Waals surface area (Å²) < 4.78 is 32.8. The first-order chi connectivity index (χ1) is 15.5. The highest BCUT2D eigenvalue weighted by molar-refractivity contribution is 7.89. The van der Waals surface area contributed by atoms with E-state index < -0.39 is 34.0 Å². The van der Waals surface area contributed by atoms with Crippen LogP contribution < -0.4 is 10.2 Å². The van der Waals surface area contributed by atoms with Crippen LogP contribution in [0.25, 0.3) is 0 Å². The van der Waals surface area contributed by atoms with Gasteiger partial charge in [0.05, 0.1) is 12.0 Å². The lowest BCUT2D eigenvalue weighted by Gasteiger charge is -2.35. The number of amides is 3. The zero-order chi connectivity index (χ0) is 24.8. The number of carboxylic acid groups (broad SMARTS) is 1. The van der Waals surface area contributed by atoms with Crippen molar-refractivity contribution in [2.45, 2.75) is 31.2 Å². The summed E-state index contributed by atoms with van der Waals surface area (Å²) in [7, 11) is -2.78. The number of sulfonamides is 1. The Hall–Kier alpha value is -2.90. The van der Waals surface area contributed by atoms with E-state index in [1.807, 2.05) is 0 Å². The number of rotatable bonds is 9. The second-order valence-electron chi connectivity index (χ2n) is 7.86. The quantitative estimate of drug-likeness (QED) is 0.335. The fourth-order valence-corrected chi connectivity index (χ4v) is 5.36. The van der Waals surface area contributed by atoms with Crippen molar-refractivity contribution in [2.75, 3.05) is 39.8 Å². The monoisotopic (exact) mass is 486 g/mol. The molecule has 12 nitrogen and oxygen atoms in total. The molecule has 1 aromatic carbocycles. The maximum absolute atomic E-state index is 13.4. The average Bonchev–Trinajstić information content (AvgIpc) is 2.80. The minimum absolute atomic E-state index is 0.0952. The molecule has 33 heavy (non-hydrogen) atoms. The van der Waals surface area contributed by atoms with E-state index in [2.05, 4.69) is 0 Å². The first-order valence-electron chi connectivity index (χ1n) is 10.4. The van der Waals surface area contributed by atoms with Crippen molar-refractivity contribution in [1.29, 1.82) is 0 Å².